The van der Waals surface area contributed by atoms with Gasteiger partial charge in [0.2, 0.25) is 0 Å². The number of hydrogen-bond donors (Lipinski definition) is 2. The minimum absolute atomic E-state index is 0.0138. The van der Waals surface area contributed by atoms with Crippen LogP contribution in [0.4, 0.5) is 0 Å². The van der Waals surface area contributed by atoms with Crippen molar-refractivity contribution in [3.05, 3.63) is 48.6 Å². The highest BCUT2D eigenvalue weighted by Gasteiger charge is 2.44. The summed E-state index contributed by atoms with van der Waals surface area (Å²) in [7, 11) is -4.49. The van der Waals surface area contributed by atoms with Crippen molar-refractivity contribution in [2.24, 2.45) is 5.92 Å². The fourth-order valence-corrected chi connectivity index (χ4v) is 6.69. The van der Waals surface area contributed by atoms with Crippen molar-refractivity contribution in [1.82, 2.24) is 19.9 Å². The van der Waals surface area contributed by atoms with Gasteiger partial charge in [0.05, 0.1) is 12.8 Å². The number of carbonyl (C=O) groups excluding carboxylic acids is 3. The van der Waals surface area contributed by atoms with Crippen LogP contribution in [0.25, 0.3) is 0 Å². The van der Waals surface area contributed by atoms with Gasteiger partial charge in [0, 0.05) is 12.2 Å². The Morgan fingerprint density at radius 2 is 1.92 bits per heavy atom. The van der Waals surface area contributed by atoms with Crippen LogP contribution in [0.15, 0.2) is 52.2 Å². The number of Topliss-reactive ketones (excluding diaryl/α,β-unsaturated/α-hetero) is 1. The molecular formula is C26H34N4O6S. The van der Waals surface area contributed by atoms with Gasteiger partial charge in [-0.05, 0) is 56.4 Å². The maximum atomic E-state index is 14.2. The van der Waals surface area contributed by atoms with Crippen molar-refractivity contribution >= 4 is 27.6 Å². The molecule has 0 spiro atoms. The molecule has 0 bridgehead atoms. The first-order valence-corrected chi connectivity index (χ1v) is 14.3. The molecule has 2 aromatic rings. The third kappa shape index (κ3) is 6.45. The van der Waals surface area contributed by atoms with E-state index < -0.39 is 39.7 Å². The monoisotopic (exact) mass is 530 g/mol. The molecule has 2 fully saturated rings. The van der Waals surface area contributed by atoms with E-state index >= 15 is 0 Å². The molecule has 3 heterocycles. The van der Waals surface area contributed by atoms with Gasteiger partial charge in [-0.25, -0.2) is 9.29 Å². The molecule has 10 nitrogen and oxygen atoms in total. The van der Waals surface area contributed by atoms with Crippen LogP contribution >= 0.6 is 0 Å². The van der Waals surface area contributed by atoms with Gasteiger partial charge in [-0.15, -0.1) is 0 Å². The Morgan fingerprint density at radius 1 is 1.14 bits per heavy atom. The number of ketones is 1. The molecule has 200 valence electrons. The van der Waals surface area contributed by atoms with E-state index in [1.807, 2.05) is 6.92 Å². The largest absolute Gasteiger partial charge is 0.459 e. The maximum absolute atomic E-state index is 14.2. The van der Waals surface area contributed by atoms with E-state index in [9.17, 15) is 22.8 Å². The zero-order valence-corrected chi connectivity index (χ0v) is 21.8. The Morgan fingerprint density at radius 3 is 2.59 bits per heavy atom. The first kappa shape index (κ1) is 27.0. The van der Waals surface area contributed by atoms with E-state index in [1.165, 1.54) is 30.7 Å². The number of furan rings is 1. The fourth-order valence-electron chi connectivity index (χ4n) is 5.12. The molecule has 2 aromatic heterocycles. The molecule has 37 heavy (non-hydrogen) atoms. The normalized spacial score (nSPS) is 22.1. The van der Waals surface area contributed by atoms with Gasteiger partial charge in [0.1, 0.15) is 12.1 Å². The lowest BCUT2D eigenvalue weighted by Gasteiger charge is -2.34. The first-order valence-electron chi connectivity index (χ1n) is 12.9. The minimum Gasteiger partial charge on any atom is -0.459 e. The van der Waals surface area contributed by atoms with Gasteiger partial charge in [-0.1, -0.05) is 38.2 Å². The van der Waals surface area contributed by atoms with Crippen LogP contribution in [-0.4, -0.2) is 60.0 Å². The van der Waals surface area contributed by atoms with Crippen molar-refractivity contribution in [2.75, 3.05) is 6.54 Å². The predicted molar refractivity (Wildman–Crippen MR) is 135 cm³/mol. The second kappa shape index (κ2) is 12.0. The lowest BCUT2D eigenvalue weighted by molar-refractivity contribution is -0.135. The number of rotatable bonds is 8. The summed E-state index contributed by atoms with van der Waals surface area (Å²) < 4.78 is 33.6. The highest BCUT2D eigenvalue weighted by Crippen LogP contribution is 2.30. The summed E-state index contributed by atoms with van der Waals surface area (Å²) in [6.45, 7) is 1.85. The molecule has 1 saturated carbocycles. The van der Waals surface area contributed by atoms with E-state index in [1.54, 1.807) is 12.1 Å². The third-order valence-corrected chi connectivity index (χ3v) is 8.90. The lowest BCUT2D eigenvalue weighted by Crippen LogP contribution is -2.57. The van der Waals surface area contributed by atoms with Crippen molar-refractivity contribution < 1.29 is 27.2 Å². The number of nitrogens with zero attached hydrogens (tertiary/aromatic N) is 2. The zero-order chi connectivity index (χ0) is 26.4. The summed E-state index contributed by atoms with van der Waals surface area (Å²) in [6.07, 6.45) is 8.53. The summed E-state index contributed by atoms with van der Waals surface area (Å²) >= 11 is 0. The zero-order valence-electron chi connectivity index (χ0n) is 21.0. The van der Waals surface area contributed by atoms with Gasteiger partial charge in [-0.2, -0.15) is 8.42 Å². The molecular weight excluding hydrogens is 496 g/mol. The topological polar surface area (TPSA) is 139 Å². The smallest absolute Gasteiger partial charge is 0.287 e. The SMILES string of the molecule is C[C@@H]1CC[C@H](N(C(=O)[C@H](CC2CCCCC2)NC(=O)c2ccco2)S(=O)(=O)c2ccccn2)C(=O)CN1. The number of nitrogens with one attached hydrogen (secondary N) is 2. The minimum atomic E-state index is -4.49. The van der Waals surface area contributed by atoms with Gasteiger partial charge in [-0.3, -0.25) is 14.4 Å². The quantitative estimate of drug-likeness (QED) is 0.531. The van der Waals surface area contributed by atoms with Gasteiger partial charge in [0.25, 0.3) is 21.8 Å². The van der Waals surface area contributed by atoms with Crippen molar-refractivity contribution in [1.29, 1.82) is 0 Å². The standard InChI is InChI=1S/C26H34N4O6S/c1-18-12-13-21(22(31)17-28-18)30(37(34,35)24-11-5-6-14-27-24)26(33)20(16-19-8-3-2-4-9-19)29-25(32)23-10-7-15-36-23/h5-7,10-11,14-15,18-21,28H,2-4,8-9,12-13,16-17H2,1H3,(H,29,32)/t18-,20+,21+/m1/s1. The van der Waals surface area contributed by atoms with Crippen LogP contribution in [0.5, 0.6) is 0 Å². The highest BCUT2D eigenvalue weighted by atomic mass is 32.2. The Bertz CT molecular complexity index is 1180. The second-order valence-corrected chi connectivity index (χ2v) is 11.7. The molecule has 11 heteroatoms. The van der Waals surface area contributed by atoms with Crippen LogP contribution in [0.1, 0.15) is 68.8 Å². The Hall–Kier alpha value is -3.05. The lowest BCUT2D eigenvalue weighted by atomic mass is 9.84. The predicted octanol–water partition coefficient (Wildman–Crippen LogP) is 2.67. The van der Waals surface area contributed by atoms with Crippen molar-refractivity contribution in [3.63, 3.8) is 0 Å². The maximum Gasteiger partial charge on any atom is 0.287 e. The number of pyridine rings is 1. The van der Waals surface area contributed by atoms with E-state index in [0.29, 0.717) is 10.7 Å². The van der Waals surface area contributed by atoms with E-state index in [4.69, 9.17) is 4.42 Å². The van der Waals surface area contributed by atoms with E-state index in [-0.39, 0.29) is 42.1 Å². The molecule has 1 saturated heterocycles. The van der Waals surface area contributed by atoms with Crippen LogP contribution in [-0.2, 0) is 19.6 Å². The van der Waals surface area contributed by atoms with E-state index in [2.05, 4.69) is 15.6 Å². The molecule has 0 radical (unpaired) electrons. The van der Waals surface area contributed by atoms with Gasteiger partial charge >= 0.3 is 0 Å². The molecule has 0 unspecified atom stereocenters. The average Bonchev–Trinajstić information content (AvgIpc) is 3.40. The molecule has 2 aliphatic rings. The molecule has 2 N–H and O–H groups in total. The summed E-state index contributed by atoms with van der Waals surface area (Å²) in [5.74, 6) is -1.68. The van der Waals surface area contributed by atoms with Crippen molar-refractivity contribution in [3.8, 4) is 0 Å². The number of sulfonamides is 1. The number of carbonyl (C=O) groups is 3. The number of hydrogen-bond acceptors (Lipinski definition) is 8. The molecule has 1 aliphatic carbocycles. The van der Waals surface area contributed by atoms with Crippen molar-refractivity contribution in [2.45, 2.75) is 81.4 Å². The molecule has 3 atom stereocenters. The fraction of sp³-hybridized carbons (Fsp3) is 0.538. The molecule has 0 aromatic carbocycles. The van der Waals surface area contributed by atoms with E-state index in [0.717, 1.165) is 32.1 Å². The van der Waals surface area contributed by atoms with Crippen LogP contribution in [0.3, 0.4) is 0 Å². The number of amides is 2. The summed E-state index contributed by atoms with van der Waals surface area (Å²) in [5, 5.41) is 5.46. The Balaban J connectivity index is 1.72. The Kier molecular flexibility index (Phi) is 8.75. The van der Waals surface area contributed by atoms with Gasteiger partial charge < -0.3 is 15.1 Å². The first-order chi connectivity index (χ1) is 17.8. The average molecular weight is 531 g/mol. The molecule has 2 amide bonds. The third-order valence-electron chi connectivity index (χ3n) is 7.17. The second-order valence-electron chi connectivity index (χ2n) is 9.89. The highest BCUT2D eigenvalue weighted by molar-refractivity contribution is 7.89. The molecule has 1 aliphatic heterocycles. The van der Waals surface area contributed by atoms with Crippen LogP contribution < -0.4 is 10.6 Å². The van der Waals surface area contributed by atoms with Crippen LogP contribution in [0.2, 0.25) is 0 Å². The summed E-state index contributed by atoms with van der Waals surface area (Å²) in [6, 6.07) is 5.05. The number of aromatic nitrogens is 1. The summed E-state index contributed by atoms with van der Waals surface area (Å²) in [5.41, 5.74) is 0. The van der Waals surface area contributed by atoms with Gasteiger partial charge in [0.15, 0.2) is 16.6 Å². The van der Waals surface area contributed by atoms with Crippen LogP contribution in [0, 0.1) is 5.92 Å². The molecule has 4 rings (SSSR count). The Labute approximate surface area is 217 Å². The summed E-state index contributed by atoms with van der Waals surface area (Å²) in [4.78, 5) is 44.2.